The summed E-state index contributed by atoms with van der Waals surface area (Å²) >= 11 is 0. The Morgan fingerprint density at radius 3 is 2.50 bits per heavy atom. The summed E-state index contributed by atoms with van der Waals surface area (Å²) in [7, 11) is 1.82. The summed E-state index contributed by atoms with van der Waals surface area (Å²) in [4.78, 5) is 27.5. The average molecular weight is 312 g/mol. The number of carbonyl (C=O) groups is 2. The zero-order valence-electron chi connectivity index (χ0n) is 14.1. The smallest absolute Gasteiger partial charge is 0.410 e. The zero-order chi connectivity index (χ0) is 16.3. The Kier molecular flexibility index (Phi) is 5.32. The molecule has 2 aliphatic rings. The van der Waals surface area contributed by atoms with Crippen LogP contribution in [-0.4, -0.2) is 66.8 Å². The van der Waals surface area contributed by atoms with Crippen molar-refractivity contribution in [2.45, 2.75) is 51.7 Å². The zero-order valence-corrected chi connectivity index (χ0v) is 14.1. The third-order valence-electron chi connectivity index (χ3n) is 4.01. The van der Waals surface area contributed by atoms with E-state index in [1.54, 1.807) is 9.80 Å². The summed E-state index contributed by atoms with van der Waals surface area (Å²) in [6.45, 7) is 7.85. The van der Waals surface area contributed by atoms with E-state index in [1.807, 2.05) is 27.8 Å². The molecule has 0 spiro atoms. The molecule has 0 bridgehead atoms. The summed E-state index contributed by atoms with van der Waals surface area (Å²) in [5.74, 6) is -0.0184. The largest absolute Gasteiger partial charge is 0.444 e. The lowest BCUT2D eigenvalue weighted by atomic mass is 9.98. The number of hydrogen-bond donors (Lipinski definition) is 0. The van der Waals surface area contributed by atoms with Gasteiger partial charge in [0, 0.05) is 33.3 Å². The number of nitrogens with zero attached hydrogens (tertiary/aromatic N) is 2. The Morgan fingerprint density at radius 2 is 1.95 bits per heavy atom. The van der Waals surface area contributed by atoms with Crippen LogP contribution in [0.2, 0.25) is 0 Å². The van der Waals surface area contributed by atoms with Gasteiger partial charge in [-0.05, 0) is 40.0 Å². The van der Waals surface area contributed by atoms with Crippen LogP contribution in [0.5, 0.6) is 0 Å². The summed E-state index contributed by atoms with van der Waals surface area (Å²) in [6.07, 6.45) is 3.12. The van der Waals surface area contributed by atoms with Gasteiger partial charge in [-0.15, -0.1) is 0 Å². The van der Waals surface area contributed by atoms with Gasteiger partial charge in [-0.3, -0.25) is 4.79 Å². The van der Waals surface area contributed by atoms with Gasteiger partial charge in [0.05, 0.1) is 12.0 Å². The first-order chi connectivity index (χ1) is 10.3. The van der Waals surface area contributed by atoms with Crippen LogP contribution < -0.4 is 0 Å². The molecule has 0 aromatic carbocycles. The van der Waals surface area contributed by atoms with E-state index in [-0.39, 0.29) is 24.0 Å². The molecule has 0 radical (unpaired) electrons. The molecule has 2 fully saturated rings. The van der Waals surface area contributed by atoms with Crippen molar-refractivity contribution in [2.75, 3.05) is 33.3 Å². The second-order valence-electron chi connectivity index (χ2n) is 7.29. The van der Waals surface area contributed by atoms with Gasteiger partial charge in [0.15, 0.2) is 0 Å². The fourth-order valence-corrected chi connectivity index (χ4v) is 2.77. The number of hydrogen-bond acceptors (Lipinski definition) is 4. The first kappa shape index (κ1) is 17.1. The van der Waals surface area contributed by atoms with Crippen LogP contribution in [0.3, 0.4) is 0 Å². The normalized spacial score (nSPS) is 22.9. The highest BCUT2D eigenvalue weighted by molar-refractivity contribution is 5.82. The van der Waals surface area contributed by atoms with E-state index in [1.165, 1.54) is 6.42 Å². The highest BCUT2D eigenvalue weighted by Crippen LogP contribution is 2.22. The van der Waals surface area contributed by atoms with E-state index in [9.17, 15) is 9.59 Å². The molecule has 0 saturated carbocycles. The van der Waals surface area contributed by atoms with Gasteiger partial charge < -0.3 is 19.3 Å². The molecule has 0 aromatic heterocycles. The molecule has 22 heavy (non-hydrogen) atoms. The van der Waals surface area contributed by atoms with Crippen molar-refractivity contribution in [1.82, 2.24) is 9.80 Å². The number of likely N-dealkylation sites (N-methyl/N-ethyl adjacent to an activating group) is 1. The van der Waals surface area contributed by atoms with Gasteiger partial charge in [-0.25, -0.2) is 4.79 Å². The van der Waals surface area contributed by atoms with Crippen molar-refractivity contribution in [3.63, 3.8) is 0 Å². The molecule has 1 unspecified atom stereocenters. The Bertz CT molecular complexity index is 407. The van der Waals surface area contributed by atoms with Crippen LogP contribution in [-0.2, 0) is 14.3 Å². The molecule has 2 saturated heterocycles. The highest BCUT2D eigenvalue weighted by atomic mass is 16.6. The molecule has 6 heteroatoms. The van der Waals surface area contributed by atoms with Gasteiger partial charge in [-0.1, -0.05) is 0 Å². The maximum absolute atomic E-state index is 12.3. The maximum Gasteiger partial charge on any atom is 0.410 e. The minimum Gasteiger partial charge on any atom is -0.444 e. The van der Waals surface area contributed by atoms with Crippen molar-refractivity contribution >= 4 is 12.0 Å². The molecule has 126 valence electrons. The fraction of sp³-hybridized carbons (Fsp3) is 0.875. The molecular weight excluding hydrogens is 284 g/mol. The minimum atomic E-state index is -0.499. The predicted octanol–water partition coefficient (Wildman–Crippen LogP) is 1.88. The molecule has 0 N–H and O–H groups in total. The van der Waals surface area contributed by atoms with Gasteiger partial charge in [0.2, 0.25) is 5.91 Å². The SMILES string of the molecule is CN(CC1CCCCO1)C(=O)C1CN(C(=O)OC(C)(C)C)C1. The minimum absolute atomic E-state index is 0.0917. The third kappa shape index (κ3) is 4.60. The van der Waals surface area contributed by atoms with Crippen LogP contribution in [0.25, 0.3) is 0 Å². The second-order valence-corrected chi connectivity index (χ2v) is 7.29. The fourth-order valence-electron chi connectivity index (χ4n) is 2.77. The number of ether oxygens (including phenoxy) is 2. The van der Waals surface area contributed by atoms with Gasteiger partial charge in [0.25, 0.3) is 0 Å². The first-order valence-electron chi connectivity index (χ1n) is 8.11. The molecule has 2 aliphatic heterocycles. The molecule has 1 atom stereocenters. The topological polar surface area (TPSA) is 59.1 Å². The first-order valence-corrected chi connectivity index (χ1v) is 8.11. The number of rotatable bonds is 3. The van der Waals surface area contributed by atoms with Crippen molar-refractivity contribution in [3.05, 3.63) is 0 Å². The third-order valence-corrected chi connectivity index (χ3v) is 4.01. The monoisotopic (exact) mass is 312 g/mol. The van der Waals surface area contributed by atoms with E-state index in [0.717, 1.165) is 19.4 Å². The van der Waals surface area contributed by atoms with Crippen LogP contribution >= 0.6 is 0 Å². The van der Waals surface area contributed by atoms with E-state index >= 15 is 0 Å². The molecule has 6 nitrogen and oxygen atoms in total. The van der Waals surface area contributed by atoms with Crippen LogP contribution in [0.4, 0.5) is 4.79 Å². The number of amides is 2. The quantitative estimate of drug-likeness (QED) is 0.798. The van der Waals surface area contributed by atoms with E-state index in [4.69, 9.17) is 9.47 Å². The van der Waals surface area contributed by atoms with Crippen LogP contribution in [0.15, 0.2) is 0 Å². The summed E-state index contributed by atoms with van der Waals surface area (Å²) in [5.41, 5.74) is -0.499. The van der Waals surface area contributed by atoms with E-state index in [0.29, 0.717) is 19.6 Å². The van der Waals surface area contributed by atoms with E-state index in [2.05, 4.69) is 0 Å². The van der Waals surface area contributed by atoms with Crippen molar-refractivity contribution in [2.24, 2.45) is 5.92 Å². The van der Waals surface area contributed by atoms with Gasteiger partial charge in [0.1, 0.15) is 5.60 Å². The lowest BCUT2D eigenvalue weighted by molar-refractivity contribution is -0.141. The Labute approximate surface area is 132 Å². The summed E-state index contributed by atoms with van der Waals surface area (Å²) < 4.78 is 11.0. The molecule has 2 amide bonds. The summed E-state index contributed by atoms with van der Waals surface area (Å²) in [5, 5.41) is 0. The van der Waals surface area contributed by atoms with Crippen LogP contribution in [0, 0.1) is 5.92 Å². The van der Waals surface area contributed by atoms with E-state index < -0.39 is 5.60 Å². The van der Waals surface area contributed by atoms with Gasteiger partial charge >= 0.3 is 6.09 Å². The highest BCUT2D eigenvalue weighted by Gasteiger charge is 2.39. The lowest BCUT2D eigenvalue weighted by Gasteiger charge is -2.40. The van der Waals surface area contributed by atoms with Crippen molar-refractivity contribution < 1.29 is 19.1 Å². The standard InChI is InChI=1S/C16H28N2O4/c1-16(2,3)22-15(20)18-9-12(10-18)14(19)17(4)11-13-7-5-6-8-21-13/h12-13H,5-11H2,1-4H3. The van der Waals surface area contributed by atoms with Crippen molar-refractivity contribution in [3.8, 4) is 0 Å². The van der Waals surface area contributed by atoms with Gasteiger partial charge in [-0.2, -0.15) is 0 Å². The molecule has 2 rings (SSSR count). The maximum atomic E-state index is 12.3. The summed E-state index contributed by atoms with van der Waals surface area (Å²) in [6, 6.07) is 0. The molecule has 2 heterocycles. The average Bonchev–Trinajstić information content (AvgIpc) is 2.35. The Balaban J connectivity index is 1.72. The molecular formula is C16H28N2O4. The number of likely N-dealkylation sites (tertiary alicyclic amines) is 1. The van der Waals surface area contributed by atoms with Crippen molar-refractivity contribution in [1.29, 1.82) is 0 Å². The van der Waals surface area contributed by atoms with Crippen LogP contribution in [0.1, 0.15) is 40.0 Å². The second kappa shape index (κ2) is 6.86. The predicted molar refractivity (Wildman–Crippen MR) is 82.5 cm³/mol. The Morgan fingerprint density at radius 1 is 1.27 bits per heavy atom. The molecule has 0 aliphatic carbocycles. The Hall–Kier alpha value is -1.30. The number of carbonyl (C=O) groups excluding carboxylic acids is 2. The molecule has 0 aromatic rings. The lowest BCUT2D eigenvalue weighted by Crippen LogP contribution is -2.57.